The van der Waals surface area contributed by atoms with Crippen LogP contribution in [-0.4, -0.2) is 35.1 Å². The van der Waals surface area contributed by atoms with E-state index in [9.17, 15) is 9.59 Å². The van der Waals surface area contributed by atoms with Crippen molar-refractivity contribution in [1.29, 1.82) is 0 Å². The van der Waals surface area contributed by atoms with Crippen molar-refractivity contribution in [3.05, 3.63) is 65.7 Å². The molecule has 0 spiro atoms. The number of benzene rings is 2. The van der Waals surface area contributed by atoms with Crippen molar-refractivity contribution in [2.75, 3.05) is 12.4 Å². The Morgan fingerprint density at radius 1 is 1.22 bits per heavy atom. The number of carbonyl (C=O) groups is 2. The van der Waals surface area contributed by atoms with Crippen LogP contribution in [-0.2, 0) is 16.0 Å². The summed E-state index contributed by atoms with van der Waals surface area (Å²) in [5.41, 5.74) is 3.52. The van der Waals surface area contributed by atoms with Gasteiger partial charge in [0.25, 0.3) is 0 Å². The zero-order valence-electron chi connectivity index (χ0n) is 18.3. The van der Waals surface area contributed by atoms with Gasteiger partial charge in [-0.2, -0.15) is 5.10 Å². The van der Waals surface area contributed by atoms with Gasteiger partial charge in [0.05, 0.1) is 12.8 Å². The Morgan fingerprint density at radius 3 is 2.69 bits per heavy atom. The van der Waals surface area contributed by atoms with Gasteiger partial charge in [-0.1, -0.05) is 55.1 Å². The van der Waals surface area contributed by atoms with E-state index in [0.717, 1.165) is 29.0 Å². The molecule has 3 rings (SSSR count). The lowest BCUT2D eigenvalue weighted by Gasteiger charge is -2.10. The highest BCUT2D eigenvalue weighted by Gasteiger charge is 2.32. The number of hydrogen-bond donors (Lipinski definition) is 2. The van der Waals surface area contributed by atoms with Crippen LogP contribution in [0.25, 0.3) is 6.08 Å². The van der Waals surface area contributed by atoms with Crippen LogP contribution in [0.1, 0.15) is 31.4 Å². The molecule has 0 radical (unpaired) electrons. The van der Waals surface area contributed by atoms with Crippen molar-refractivity contribution in [2.24, 2.45) is 10.2 Å². The molecule has 166 valence electrons. The fourth-order valence-electron chi connectivity index (χ4n) is 3.00. The molecule has 0 aromatic heterocycles. The van der Waals surface area contributed by atoms with Gasteiger partial charge < -0.3 is 15.4 Å². The molecule has 7 nitrogen and oxygen atoms in total. The van der Waals surface area contributed by atoms with E-state index in [4.69, 9.17) is 4.74 Å². The quantitative estimate of drug-likeness (QED) is 0.464. The number of para-hydroxylation sites is 1. The number of ether oxygens (including phenoxy) is 1. The van der Waals surface area contributed by atoms with E-state index in [0.29, 0.717) is 10.9 Å². The Balaban J connectivity index is 1.55. The maximum atomic E-state index is 12.4. The van der Waals surface area contributed by atoms with E-state index in [2.05, 4.69) is 20.8 Å². The van der Waals surface area contributed by atoms with Crippen molar-refractivity contribution in [1.82, 2.24) is 5.32 Å². The number of thioether (sulfide) groups is 1. The molecule has 2 N–H and O–H groups in total. The predicted molar refractivity (Wildman–Crippen MR) is 131 cm³/mol. The van der Waals surface area contributed by atoms with Gasteiger partial charge in [0.15, 0.2) is 5.17 Å². The highest BCUT2D eigenvalue weighted by molar-refractivity contribution is 8.15. The molecule has 0 unspecified atom stereocenters. The number of amides is 2. The number of carbonyl (C=O) groups excluding carboxylic acids is 2. The molecule has 1 heterocycles. The third-order valence-corrected chi connectivity index (χ3v) is 5.82. The molecule has 1 aliphatic rings. The summed E-state index contributed by atoms with van der Waals surface area (Å²) in [6.45, 7) is 3.85. The molecule has 1 atom stereocenters. The number of aryl methyl sites for hydroxylation is 1. The topological polar surface area (TPSA) is 92.2 Å². The number of amidine groups is 1. The standard InChI is InChI=1S/C24H26N4O3S/c1-4-18-7-5-6-8-20(18)25-22(29)15-21-23(30)26-24(32-21)28-27-16(2)9-10-17-11-13-19(31-3)14-12-17/h5-14,21H,4,15H2,1-3H3,(H,25,29)(H,26,28,30)/b10-9+,27-16-/t21-/m1/s1. The lowest BCUT2D eigenvalue weighted by Crippen LogP contribution is -2.28. The average Bonchev–Trinajstić information content (AvgIpc) is 3.15. The molecule has 1 fully saturated rings. The normalized spacial score (nSPS) is 17.6. The molecule has 2 aromatic rings. The minimum atomic E-state index is -0.534. The summed E-state index contributed by atoms with van der Waals surface area (Å²) in [5, 5.41) is 13.7. The first-order chi connectivity index (χ1) is 15.5. The van der Waals surface area contributed by atoms with E-state index < -0.39 is 5.25 Å². The summed E-state index contributed by atoms with van der Waals surface area (Å²) in [7, 11) is 1.63. The van der Waals surface area contributed by atoms with Gasteiger partial charge in [-0.3, -0.25) is 9.59 Å². The second-order valence-corrected chi connectivity index (χ2v) is 8.30. The van der Waals surface area contributed by atoms with Crippen molar-refractivity contribution in [3.8, 4) is 5.75 Å². The SMILES string of the molecule is CCc1ccccc1NC(=O)C[C@H]1S/C(=N/N=C(C)\C=C\c2ccc(OC)cc2)NC1=O. The molecular formula is C24H26N4O3S. The van der Waals surface area contributed by atoms with Gasteiger partial charge >= 0.3 is 0 Å². The number of allylic oxidation sites excluding steroid dienone is 1. The monoisotopic (exact) mass is 450 g/mol. The van der Waals surface area contributed by atoms with Gasteiger partial charge in [-0.25, -0.2) is 0 Å². The molecule has 1 aliphatic heterocycles. The van der Waals surface area contributed by atoms with E-state index in [1.165, 1.54) is 11.8 Å². The summed E-state index contributed by atoms with van der Waals surface area (Å²) in [6.07, 6.45) is 4.63. The second kappa shape index (κ2) is 11.3. The lowest BCUT2D eigenvalue weighted by molar-refractivity contribution is -0.122. The molecule has 0 saturated carbocycles. The highest BCUT2D eigenvalue weighted by atomic mass is 32.2. The van der Waals surface area contributed by atoms with Crippen LogP contribution in [0.5, 0.6) is 5.75 Å². The Morgan fingerprint density at radius 2 is 1.97 bits per heavy atom. The zero-order valence-corrected chi connectivity index (χ0v) is 19.1. The first kappa shape index (κ1) is 23.3. The number of anilines is 1. The number of methoxy groups -OCH3 is 1. The second-order valence-electron chi connectivity index (χ2n) is 7.11. The van der Waals surface area contributed by atoms with Crippen LogP contribution < -0.4 is 15.4 Å². The highest BCUT2D eigenvalue weighted by Crippen LogP contribution is 2.24. The molecule has 0 bridgehead atoms. The number of rotatable bonds is 8. The first-order valence-electron chi connectivity index (χ1n) is 10.3. The Labute approximate surface area is 192 Å². The van der Waals surface area contributed by atoms with Crippen molar-refractivity contribution < 1.29 is 14.3 Å². The van der Waals surface area contributed by atoms with Crippen LogP contribution >= 0.6 is 11.8 Å². The third-order valence-electron chi connectivity index (χ3n) is 4.75. The largest absolute Gasteiger partial charge is 0.497 e. The Hall–Kier alpha value is -3.39. The molecule has 2 amide bonds. The Kier molecular flexibility index (Phi) is 8.21. The van der Waals surface area contributed by atoms with Crippen molar-refractivity contribution in [2.45, 2.75) is 31.9 Å². The molecule has 32 heavy (non-hydrogen) atoms. The van der Waals surface area contributed by atoms with E-state index in [1.54, 1.807) is 7.11 Å². The number of nitrogens with zero attached hydrogens (tertiary/aromatic N) is 2. The minimum absolute atomic E-state index is 0.0631. The summed E-state index contributed by atoms with van der Waals surface area (Å²) >= 11 is 1.21. The van der Waals surface area contributed by atoms with Gasteiger partial charge in [0, 0.05) is 12.1 Å². The zero-order chi connectivity index (χ0) is 22.9. The number of hydrogen-bond acceptors (Lipinski definition) is 6. The first-order valence-corrected chi connectivity index (χ1v) is 11.2. The van der Waals surface area contributed by atoms with Crippen LogP contribution in [0, 0.1) is 0 Å². The third kappa shape index (κ3) is 6.55. The van der Waals surface area contributed by atoms with Crippen LogP contribution in [0.15, 0.2) is 64.8 Å². The lowest BCUT2D eigenvalue weighted by atomic mass is 10.1. The van der Waals surface area contributed by atoms with Gasteiger partial charge in [0.2, 0.25) is 11.8 Å². The van der Waals surface area contributed by atoms with Crippen LogP contribution in [0.4, 0.5) is 5.69 Å². The summed E-state index contributed by atoms with van der Waals surface area (Å²) in [6, 6.07) is 15.3. The molecule has 8 heteroatoms. The minimum Gasteiger partial charge on any atom is -0.497 e. The Bertz CT molecular complexity index is 1060. The smallest absolute Gasteiger partial charge is 0.240 e. The van der Waals surface area contributed by atoms with Gasteiger partial charge in [0.1, 0.15) is 11.0 Å². The van der Waals surface area contributed by atoms with Gasteiger partial charge in [-0.15, -0.1) is 5.10 Å². The van der Waals surface area contributed by atoms with E-state index >= 15 is 0 Å². The molecule has 1 saturated heterocycles. The summed E-state index contributed by atoms with van der Waals surface area (Å²) < 4.78 is 5.14. The number of nitrogens with one attached hydrogen (secondary N) is 2. The fraction of sp³-hybridized carbons (Fsp3) is 0.250. The maximum Gasteiger partial charge on any atom is 0.240 e. The van der Waals surface area contributed by atoms with Crippen molar-refractivity contribution >= 4 is 46.2 Å². The summed E-state index contributed by atoms with van der Waals surface area (Å²) in [5.74, 6) is 0.349. The van der Waals surface area contributed by atoms with Crippen molar-refractivity contribution in [3.63, 3.8) is 0 Å². The molecule has 0 aliphatic carbocycles. The van der Waals surface area contributed by atoms with Crippen LogP contribution in [0.3, 0.4) is 0 Å². The molecular weight excluding hydrogens is 424 g/mol. The average molecular weight is 451 g/mol. The predicted octanol–water partition coefficient (Wildman–Crippen LogP) is 4.26. The van der Waals surface area contributed by atoms with Crippen LogP contribution in [0.2, 0.25) is 0 Å². The molecule has 2 aromatic carbocycles. The van der Waals surface area contributed by atoms with Gasteiger partial charge in [-0.05, 0) is 48.7 Å². The van der Waals surface area contributed by atoms with E-state index in [-0.39, 0.29) is 18.2 Å². The summed E-state index contributed by atoms with van der Waals surface area (Å²) in [4.78, 5) is 24.7. The fourth-order valence-corrected chi connectivity index (χ4v) is 3.91. The maximum absolute atomic E-state index is 12.4. The van der Waals surface area contributed by atoms with E-state index in [1.807, 2.05) is 74.5 Å².